The van der Waals surface area contributed by atoms with Crippen molar-refractivity contribution in [1.82, 2.24) is 14.8 Å². The Balaban J connectivity index is 2.01. The Morgan fingerprint density at radius 3 is 2.67 bits per heavy atom. The van der Waals surface area contributed by atoms with Crippen LogP contribution in [0.3, 0.4) is 0 Å². The van der Waals surface area contributed by atoms with Crippen LogP contribution in [0.1, 0.15) is 25.2 Å². The summed E-state index contributed by atoms with van der Waals surface area (Å²) in [5, 5.41) is 14.2. The monoisotopic (exact) mass is 295 g/mol. The highest BCUT2D eigenvalue weighted by Gasteiger charge is 2.15. The van der Waals surface area contributed by atoms with E-state index in [2.05, 4.69) is 23.9 Å². The second kappa shape index (κ2) is 6.76. The first-order valence-electron chi connectivity index (χ1n) is 6.94. The summed E-state index contributed by atoms with van der Waals surface area (Å²) in [5.41, 5.74) is 0.291. The number of hydrogen-bond acceptors (Lipinski definition) is 3. The summed E-state index contributed by atoms with van der Waals surface area (Å²) in [6.07, 6.45) is 1.05. The molecule has 2 aromatic rings. The highest BCUT2D eigenvalue weighted by atomic mass is 19.1. The van der Waals surface area contributed by atoms with Gasteiger partial charge in [-0.3, -0.25) is 0 Å². The van der Waals surface area contributed by atoms with E-state index in [0.717, 1.165) is 6.07 Å². The van der Waals surface area contributed by atoms with Gasteiger partial charge in [0.1, 0.15) is 23.8 Å². The lowest BCUT2D eigenvalue weighted by Gasteiger charge is -2.13. The zero-order chi connectivity index (χ0) is 15.4. The molecule has 0 spiro atoms. The van der Waals surface area contributed by atoms with Crippen LogP contribution in [0.25, 0.3) is 0 Å². The molecule has 0 radical (unpaired) electrons. The van der Waals surface area contributed by atoms with Gasteiger partial charge in [0.2, 0.25) is 0 Å². The first-order chi connectivity index (χ1) is 9.95. The molecule has 0 fully saturated rings. The third kappa shape index (κ3) is 4.32. The van der Waals surface area contributed by atoms with Crippen LogP contribution in [-0.2, 0) is 19.4 Å². The van der Waals surface area contributed by atoms with Crippen molar-refractivity contribution in [3.05, 3.63) is 47.5 Å². The summed E-state index contributed by atoms with van der Waals surface area (Å²) >= 11 is 0. The molecule has 2 rings (SSSR count). The molecule has 0 aliphatic rings. The lowest BCUT2D eigenvalue weighted by Crippen LogP contribution is -2.19. The molecule has 6 heteroatoms. The van der Waals surface area contributed by atoms with E-state index in [1.807, 2.05) is 0 Å². The SMILES string of the molecule is CC(C)Cn1ncnc1CC(O)Cc1ccc(F)cc1F. The quantitative estimate of drug-likeness (QED) is 0.890. The lowest BCUT2D eigenvalue weighted by molar-refractivity contribution is 0.169. The van der Waals surface area contributed by atoms with E-state index in [-0.39, 0.29) is 12.8 Å². The fourth-order valence-electron chi connectivity index (χ4n) is 2.17. The maximum absolute atomic E-state index is 13.6. The van der Waals surface area contributed by atoms with Gasteiger partial charge in [-0.2, -0.15) is 5.10 Å². The van der Waals surface area contributed by atoms with Gasteiger partial charge >= 0.3 is 0 Å². The molecule has 1 unspecified atom stereocenters. The normalized spacial score (nSPS) is 12.9. The van der Waals surface area contributed by atoms with Gasteiger partial charge in [-0.05, 0) is 17.5 Å². The zero-order valence-corrected chi connectivity index (χ0v) is 12.1. The van der Waals surface area contributed by atoms with E-state index in [1.54, 1.807) is 4.68 Å². The van der Waals surface area contributed by atoms with Gasteiger partial charge in [-0.15, -0.1) is 0 Å². The number of aliphatic hydroxyl groups is 1. The smallest absolute Gasteiger partial charge is 0.138 e. The predicted octanol–water partition coefficient (Wildman–Crippen LogP) is 2.36. The van der Waals surface area contributed by atoms with Crippen molar-refractivity contribution in [2.45, 2.75) is 39.3 Å². The van der Waals surface area contributed by atoms with Crippen LogP contribution in [0.15, 0.2) is 24.5 Å². The molecule has 4 nitrogen and oxygen atoms in total. The topological polar surface area (TPSA) is 50.9 Å². The van der Waals surface area contributed by atoms with E-state index in [9.17, 15) is 13.9 Å². The molecule has 21 heavy (non-hydrogen) atoms. The Morgan fingerprint density at radius 1 is 1.24 bits per heavy atom. The minimum absolute atomic E-state index is 0.112. The van der Waals surface area contributed by atoms with E-state index in [1.165, 1.54) is 18.5 Å². The fourth-order valence-corrected chi connectivity index (χ4v) is 2.17. The third-order valence-corrected chi connectivity index (χ3v) is 3.12. The van der Waals surface area contributed by atoms with Crippen molar-refractivity contribution in [3.63, 3.8) is 0 Å². The molecule has 0 saturated heterocycles. The number of hydrogen-bond donors (Lipinski definition) is 1. The van der Waals surface area contributed by atoms with E-state index in [0.29, 0.717) is 23.9 Å². The maximum Gasteiger partial charge on any atom is 0.138 e. The summed E-state index contributed by atoms with van der Waals surface area (Å²) in [7, 11) is 0. The summed E-state index contributed by atoms with van der Waals surface area (Å²) in [4.78, 5) is 4.13. The van der Waals surface area contributed by atoms with Gasteiger partial charge in [-0.25, -0.2) is 18.4 Å². The molecule has 0 amide bonds. The minimum atomic E-state index is -0.792. The first-order valence-corrected chi connectivity index (χ1v) is 6.94. The fraction of sp³-hybridized carbons (Fsp3) is 0.467. The molecule has 0 bridgehead atoms. The standard InChI is InChI=1S/C15H19F2N3O/c1-10(2)8-20-15(18-9-19-20)7-13(21)5-11-3-4-12(16)6-14(11)17/h3-4,6,9-10,13,21H,5,7-8H2,1-2H3. The summed E-state index contributed by atoms with van der Waals surface area (Å²) in [5.74, 6) is -0.184. The van der Waals surface area contributed by atoms with Crippen LogP contribution in [0, 0.1) is 17.6 Å². The average Bonchev–Trinajstić information content (AvgIpc) is 2.79. The van der Waals surface area contributed by atoms with Gasteiger partial charge in [0.15, 0.2) is 0 Å². The number of aromatic nitrogens is 3. The largest absolute Gasteiger partial charge is 0.392 e. The number of aliphatic hydroxyl groups excluding tert-OH is 1. The van der Waals surface area contributed by atoms with Crippen LogP contribution in [0.2, 0.25) is 0 Å². The van der Waals surface area contributed by atoms with Crippen molar-refractivity contribution in [2.75, 3.05) is 0 Å². The molecule has 1 atom stereocenters. The Labute approximate surface area is 122 Å². The Hall–Kier alpha value is -1.82. The van der Waals surface area contributed by atoms with Crippen molar-refractivity contribution < 1.29 is 13.9 Å². The summed E-state index contributed by atoms with van der Waals surface area (Å²) < 4.78 is 28.1. The Kier molecular flexibility index (Phi) is 5.01. The third-order valence-electron chi connectivity index (χ3n) is 3.12. The number of halogens is 2. The van der Waals surface area contributed by atoms with Gasteiger partial charge in [-0.1, -0.05) is 19.9 Å². The van der Waals surface area contributed by atoms with Crippen LogP contribution in [-0.4, -0.2) is 26.0 Å². The molecule has 1 N–H and O–H groups in total. The van der Waals surface area contributed by atoms with Crippen LogP contribution < -0.4 is 0 Å². The number of rotatable bonds is 6. The minimum Gasteiger partial charge on any atom is -0.392 e. The molecule has 114 valence electrons. The second-order valence-corrected chi connectivity index (χ2v) is 5.55. The molecular weight excluding hydrogens is 276 g/mol. The van der Waals surface area contributed by atoms with Crippen LogP contribution in [0.4, 0.5) is 8.78 Å². The maximum atomic E-state index is 13.6. The molecular formula is C15H19F2N3O. The number of nitrogens with zero attached hydrogens (tertiary/aromatic N) is 3. The Bertz CT molecular complexity index is 598. The highest BCUT2D eigenvalue weighted by molar-refractivity contribution is 5.19. The summed E-state index contributed by atoms with van der Waals surface area (Å²) in [6.45, 7) is 4.85. The zero-order valence-electron chi connectivity index (χ0n) is 12.1. The van der Waals surface area contributed by atoms with Crippen molar-refractivity contribution >= 4 is 0 Å². The van der Waals surface area contributed by atoms with Crippen molar-refractivity contribution in [2.24, 2.45) is 5.92 Å². The molecule has 0 aliphatic carbocycles. The van der Waals surface area contributed by atoms with Crippen molar-refractivity contribution in [1.29, 1.82) is 0 Å². The van der Waals surface area contributed by atoms with Gasteiger partial charge in [0.05, 0.1) is 6.10 Å². The second-order valence-electron chi connectivity index (χ2n) is 5.55. The first kappa shape index (κ1) is 15.6. The van der Waals surface area contributed by atoms with Gasteiger partial charge in [0, 0.05) is 25.5 Å². The van der Waals surface area contributed by atoms with Crippen LogP contribution >= 0.6 is 0 Å². The Morgan fingerprint density at radius 2 is 2.00 bits per heavy atom. The van der Waals surface area contributed by atoms with Crippen molar-refractivity contribution in [3.8, 4) is 0 Å². The van der Waals surface area contributed by atoms with Crippen LogP contribution in [0.5, 0.6) is 0 Å². The highest BCUT2D eigenvalue weighted by Crippen LogP contribution is 2.13. The molecule has 0 aliphatic heterocycles. The van der Waals surface area contributed by atoms with E-state index >= 15 is 0 Å². The molecule has 0 saturated carbocycles. The van der Waals surface area contributed by atoms with Gasteiger partial charge < -0.3 is 5.11 Å². The summed E-state index contributed by atoms with van der Waals surface area (Å²) in [6, 6.07) is 3.36. The molecule has 1 heterocycles. The molecule has 1 aromatic heterocycles. The average molecular weight is 295 g/mol. The molecule has 1 aromatic carbocycles. The van der Waals surface area contributed by atoms with Gasteiger partial charge in [0.25, 0.3) is 0 Å². The van der Waals surface area contributed by atoms with E-state index in [4.69, 9.17) is 0 Å². The van der Waals surface area contributed by atoms with E-state index < -0.39 is 17.7 Å². The predicted molar refractivity (Wildman–Crippen MR) is 74.6 cm³/mol. The number of benzene rings is 1. The lowest BCUT2D eigenvalue weighted by atomic mass is 10.0.